The van der Waals surface area contributed by atoms with Gasteiger partial charge in [0.2, 0.25) is 0 Å². The number of carbonyl (C=O) groups is 1. The predicted octanol–water partition coefficient (Wildman–Crippen LogP) is 3.69. The minimum atomic E-state index is -0.147. The molecule has 1 aromatic carbocycles. The van der Waals surface area contributed by atoms with E-state index in [0.29, 0.717) is 36.3 Å². The van der Waals surface area contributed by atoms with Crippen molar-refractivity contribution < 1.29 is 14.3 Å². The number of benzene rings is 1. The monoisotopic (exact) mass is 385 g/mol. The van der Waals surface area contributed by atoms with Gasteiger partial charge in [-0.15, -0.1) is 0 Å². The van der Waals surface area contributed by atoms with Crippen LogP contribution in [0.1, 0.15) is 54.5 Å². The van der Waals surface area contributed by atoms with Gasteiger partial charge < -0.3 is 14.8 Å². The number of aromatic amines is 1. The van der Waals surface area contributed by atoms with E-state index in [-0.39, 0.29) is 11.3 Å². The maximum Gasteiger partial charge on any atom is 0.272 e. The number of hydrogen-bond donors (Lipinski definition) is 2. The number of carbonyl (C=O) groups excluding carboxylic acids is 1. The number of nitrogens with zero attached hydrogens (tertiary/aromatic N) is 1. The third-order valence-electron chi connectivity index (χ3n) is 5.55. The summed E-state index contributed by atoms with van der Waals surface area (Å²) in [5.74, 6) is 1.78. The summed E-state index contributed by atoms with van der Waals surface area (Å²) < 4.78 is 11.1. The molecule has 0 bridgehead atoms. The van der Waals surface area contributed by atoms with Gasteiger partial charge in [0.1, 0.15) is 6.61 Å². The Morgan fingerprint density at radius 1 is 1.32 bits per heavy atom. The molecule has 3 rings (SSSR count). The average molecular weight is 386 g/mol. The number of H-pyrrole nitrogens is 1. The number of methoxy groups -OCH3 is 1. The molecule has 2 aromatic rings. The van der Waals surface area contributed by atoms with E-state index >= 15 is 0 Å². The number of amides is 1. The van der Waals surface area contributed by atoms with E-state index in [9.17, 15) is 4.79 Å². The van der Waals surface area contributed by atoms with E-state index in [4.69, 9.17) is 9.47 Å². The Balaban J connectivity index is 1.56. The van der Waals surface area contributed by atoms with Gasteiger partial charge in [-0.3, -0.25) is 9.89 Å². The molecule has 6 heteroatoms. The van der Waals surface area contributed by atoms with Crippen molar-refractivity contribution in [1.82, 2.24) is 15.5 Å². The third-order valence-corrected chi connectivity index (χ3v) is 5.55. The second-order valence-electron chi connectivity index (χ2n) is 8.59. The number of fused-ring (bicyclic) bond motifs is 1. The Morgan fingerprint density at radius 2 is 2.11 bits per heavy atom. The number of ether oxygens (including phenoxy) is 2. The van der Waals surface area contributed by atoms with Gasteiger partial charge in [-0.2, -0.15) is 5.10 Å². The first kappa shape index (κ1) is 20.2. The van der Waals surface area contributed by atoms with Crippen molar-refractivity contribution in [3.05, 3.63) is 40.7 Å². The Bertz CT molecular complexity index is 836. The zero-order valence-electron chi connectivity index (χ0n) is 17.5. The molecule has 1 atom stereocenters. The molecule has 2 N–H and O–H groups in total. The molecule has 28 heavy (non-hydrogen) atoms. The maximum atomic E-state index is 12.6. The van der Waals surface area contributed by atoms with Crippen LogP contribution in [0.2, 0.25) is 0 Å². The summed E-state index contributed by atoms with van der Waals surface area (Å²) in [6.07, 6.45) is 2.98. The van der Waals surface area contributed by atoms with Crippen LogP contribution in [0.3, 0.4) is 0 Å². The van der Waals surface area contributed by atoms with E-state index in [1.54, 1.807) is 7.11 Å². The van der Waals surface area contributed by atoms with Crippen LogP contribution in [0.25, 0.3) is 0 Å². The maximum absolute atomic E-state index is 12.6. The summed E-state index contributed by atoms with van der Waals surface area (Å²) in [5, 5.41) is 10.3. The number of nitrogens with one attached hydrogen (secondary N) is 2. The minimum absolute atomic E-state index is 0.147. The van der Waals surface area contributed by atoms with Crippen LogP contribution in [-0.4, -0.2) is 36.4 Å². The van der Waals surface area contributed by atoms with Crippen LogP contribution in [-0.2, 0) is 12.8 Å². The van der Waals surface area contributed by atoms with E-state index in [1.807, 2.05) is 25.1 Å². The Kier molecular flexibility index (Phi) is 5.96. The van der Waals surface area contributed by atoms with Crippen LogP contribution >= 0.6 is 0 Å². The normalized spacial score (nSPS) is 16.4. The lowest BCUT2D eigenvalue weighted by Crippen LogP contribution is -2.31. The Morgan fingerprint density at radius 3 is 2.82 bits per heavy atom. The molecule has 0 unspecified atom stereocenters. The van der Waals surface area contributed by atoms with Crippen molar-refractivity contribution in [3.63, 3.8) is 0 Å². The summed E-state index contributed by atoms with van der Waals surface area (Å²) >= 11 is 0. The lowest BCUT2D eigenvalue weighted by Gasteiger charge is -2.33. The SMILES string of the molecule is COc1cc(C)ccc1OCCNC(=O)c1n[nH]c2c1C[C@H](C(C)(C)C)CC2. The second-order valence-corrected chi connectivity index (χ2v) is 8.59. The van der Waals surface area contributed by atoms with Crippen LogP contribution < -0.4 is 14.8 Å². The summed E-state index contributed by atoms with van der Waals surface area (Å²) in [7, 11) is 1.62. The third kappa shape index (κ3) is 4.49. The van der Waals surface area contributed by atoms with Gasteiger partial charge in [-0.25, -0.2) is 0 Å². The minimum Gasteiger partial charge on any atom is -0.493 e. The molecule has 0 aliphatic heterocycles. The fourth-order valence-corrected chi connectivity index (χ4v) is 3.73. The zero-order valence-corrected chi connectivity index (χ0v) is 17.5. The van der Waals surface area contributed by atoms with Gasteiger partial charge in [0.25, 0.3) is 5.91 Å². The highest BCUT2D eigenvalue weighted by Gasteiger charge is 2.32. The van der Waals surface area contributed by atoms with E-state index in [2.05, 4.69) is 36.3 Å². The lowest BCUT2D eigenvalue weighted by atomic mass is 9.71. The first-order valence-corrected chi connectivity index (χ1v) is 9.91. The van der Waals surface area contributed by atoms with Crippen molar-refractivity contribution in [1.29, 1.82) is 0 Å². The summed E-state index contributed by atoms with van der Waals surface area (Å²) in [6, 6.07) is 5.78. The highest BCUT2D eigenvalue weighted by Crippen LogP contribution is 2.37. The highest BCUT2D eigenvalue weighted by molar-refractivity contribution is 5.94. The topological polar surface area (TPSA) is 76.2 Å². The molecule has 0 radical (unpaired) electrons. The molecule has 0 saturated heterocycles. The van der Waals surface area contributed by atoms with Crippen molar-refractivity contribution in [2.45, 2.75) is 47.0 Å². The first-order chi connectivity index (χ1) is 13.3. The van der Waals surface area contributed by atoms with Crippen molar-refractivity contribution in [2.75, 3.05) is 20.3 Å². The number of aromatic nitrogens is 2. The molecule has 1 aromatic heterocycles. The van der Waals surface area contributed by atoms with Gasteiger partial charge in [0.05, 0.1) is 13.7 Å². The molecule has 0 saturated carbocycles. The second kappa shape index (κ2) is 8.25. The molecule has 0 spiro atoms. The van der Waals surface area contributed by atoms with E-state index in [1.165, 1.54) is 0 Å². The predicted molar refractivity (Wildman–Crippen MR) is 109 cm³/mol. The van der Waals surface area contributed by atoms with Gasteiger partial charge in [0, 0.05) is 11.3 Å². The average Bonchev–Trinajstić information content (AvgIpc) is 3.08. The Labute approximate surface area is 167 Å². The summed E-state index contributed by atoms with van der Waals surface area (Å²) in [6.45, 7) is 9.56. The number of rotatable bonds is 6. The molecule has 1 aliphatic rings. The fourth-order valence-electron chi connectivity index (χ4n) is 3.73. The highest BCUT2D eigenvalue weighted by atomic mass is 16.5. The summed E-state index contributed by atoms with van der Waals surface area (Å²) in [5.41, 5.74) is 4.03. The molecule has 6 nitrogen and oxygen atoms in total. The van der Waals surface area contributed by atoms with Crippen LogP contribution in [0.5, 0.6) is 11.5 Å². The van der Waals surface area contributed by atoms with Crippen LogP contribution in [0.15, 0.2) is 18.2 Å². The largest absolute Gasteiger partial charge is 0.493 e. The van der Waals surface area contributed by atoms with Gasteiger partial charge in [-0.05, 0) is 55.2 Å². The molecule has 1 amide bonds. The molecular weight excluding hydrogens is 354 g/mol. The zero-order chi connectivity index (χ0) is 20.3. The number of hydrogen-bond acceptors (Lipinski definition) is 4. The van der Waals surface area contributed by atoms with Crippen LogP contribution in [0, 0.1) is 18.3 Å². The van der Waals surface area contributed by atoms with Crippen molar-refractivity contribution in [3.8, 4) is 11.5 Å². The van der Waals surface area contributed by atoms with Crippen LogP contribution in [0.4, 0.5) is 0 Å². The standard InChI is InChI=1S/C22H31N3O3/c1-14-6-9-18(19(12-14)27-5)28-11-10-23-21(26)20-16-13-15(22(2,3)4)7-8-17(16)24-25-20/h6,9,12,15H,7-8,10-11,13H2,1-5H3,(H,23,26)(H,24,25)/t15-/m1/s1. The molecule has 152 valence electrons. The van der Waals surface area contributed by atoms with E-state index < -0.39 is 0 Å². The smallest absolute Gasteiger partial charge is 0.272 e. The molecular formula is C22H31N3O3. The van der Waals surface area contributed by atoms with E-state index in [0.717, 1.165) is 36.1 Å². The summed E-state index contributed by atoms with van der Waals surface area (Å²) in [4.78, 5) is 12.6. The van der Waals surface area contributed by atoms with Crippen molar-refractivity contribution in [2.24, 2.45) is 11.3 Å². The first-order valence-electron chi connectivity index (χ1n) is 9.91. The van der Waals surface area contributed by atoms with Gasteiger partial charge >= 0.3 is 0 Å². The van der Waals surface area contributed by atoms with Gasteiger partial charge in [0.15, 0.2) is 17.2 Å². The number of aryl methyl sites for hydroxylation is 2. The molecule has 0 fully saturated rings. The molecule has 1 aliphatic carbocycles. The van der Waals surface area contributed by atoms with Gasteiger partial charge in [-0.1, -0.05) is 26.8 Å². The lowest BCUT2D eigenvalue weighted by molar-refractivity contribution is 0.0939. The molecule has 1 heterocycles. The fraction of sp³-hybridized carbons (Fsp3) is 0.545. The van der Waals surface area contributed by atoms with Crippen molar-refractivity contribution >= 4 is 5.91 Å². The quantitative estimate of drug-likeness (QED) is 0.744. The Hall–Kier alpha value is -2.50.